The Bertz CT molecular complexity index is 1400. The number of nitrogens with one attached hydrogen (secondary N) is 2. The number of rotatable bonds is 11. The van der Waals surface area contributed by atoms with E-state index in [1.54, 1.807) is 39.1 Å². The van der Waals surface area contributed by atoms with Crippen molar-refractivity contribution in [3.05, 3.63) is 36.7 Å². The number of carbonyl (C=O) groups excluding carboxylic acids is 1. The lowest BCUT2D eigenvalue weighted by atomic mass is 10.1. The second-order valence-electron chi connectivity index (χ2n) is 9.18. The van der Waals surface area contributed by atoms with Crippen LogP contribution in [0.2, 0.25) is 0 Å². The van der Waals surface area contributed by atoms with Crippen molar-refractivity contribution in [1.82, 2.24) is 24.6 Å². The largest absolute Gasteiger partial charge is 0.462 e. The Labute approximate surface area is 233 Å². The van der Waals surface area contributed by atoms with Crippen molar-refractivity contribution in [2.45, 2.75) is 56.5 Å². The van der Waals surface area contributed by atoms with Gasteiger partial charge in [-0.1, -0.05) is 29.8 Å². The molecule has 2 unspecified atom stereocenters. The zero-order valence-electron chi connectivity index (χ0n) is 22.0. The number of anilines is 2. The van der Waals surface area contributed by atoms with Gasteiger partial charge in [0, 0.05) is 7.05 Å². The Morgan fingerprint density at radius 3 is 2.67 bits per heavy atom. The van der Waals surface area contributed by atoms with Crippen LogP contribution in [0.25, 0.3) is 11.2 Å². The third kappa shape index (κ3) is 6.29. The van der Waals surface area contributed by atoms with Gasteiger partial charge in [-0.25, -0.2) is 13.9 Å². The van der Waals surface area contributed by atoms with Crippen LogP contribution in [0.4, 0.5) is 16.2 Å². The number of aliphatic hydroxyl groups excluding tert-OH is 1. The average molecular weight is 602 g/mol. The Hall–Kier alpha value is -3.07. The minimum Gasteiger partial charge on any atom is -0.462 e. The van der Waals surface area contributed by atoms with E-state index in [1.807, 2.05) is 0 Å². The van der Waals surface area contributed by atoms with E-state index < -0.39 is 56.0 Å². The molecule has 5 N–H and O–H groups in total. The number of aromatic nitrogens is 4. The zero-order valence-corrected chi connectivity index (χ0v) is 23.7. The van der Waals surface area contributed by atoms with Crippen molar-refractivity contribution in [3.63, 3.8) is 0 Å². The van der Waals surface area contributed by atoms with Crippen molar-refractivity contribution in [1.29, 1.82) is 0 Å². The van der Waals surface area contributed by atoms with Crippen LogP contribution in [0.3, 0.4) is 0 Å². The molecule has 0 amide bonds. The van der Waals surface area contributed by atoms with Gasteiger partial charge in [-0.2, -0.15) is 15.1 Å². The molecule has 0 radical (unpaired) electrons. The summed E-state index contributed by atoms with van der Waals surface area (Å²) in [4.78, 5) is 24.7. The van der Waals surface area contributed by atoms with E-state index in [0.717, 1.165) is 4.57 Å². The molecule has 40 heavy (non-hydrogen) atoms. The molecule has 0 saturated carbocycles. The number of para-hydroxylation sites is 1. The Morgan fingerprint density at radius 1 is 1.32 bits per heavy atom. The molecule has 3 aromatic rings. The summed E-state index contributed by atoms with van der Waals surface area (Å²) in [7, 11) is -2.73. The number of carbonyl (C=O) groups is 1. The molecule has 6 atom stereocenters. The number of esters is 1. The van der Waals surface area contributed by atoms with Crippen LogP contribution in [0, 0.1) is 0 Å². The lowest BCUT2D eigenvalue weighted by Crippen LogP contribution is -2.40. The lowest BCUT2D eigenvalue weighted by molar-refractivity contribution is -0.149. The SMILES string of the molecule is CNc1nc(N)nc2c1ncn2[C@@H]1OC(COP(=O)(N[C@H](C)C(=O)OC(C)C)Oc2ccccc2)[C@@H](O)[C@]1(F)Cl. The molecule has 1 saturated heterocycles. The summed E-state index contributed by atoms with van der Waals surface area (Å²) in [5.74, 6) is -0.376. The minimum atomic E-state index is -4.32. The summed E-state index contributed by atoms with van der Waals surface area (Å²) in [6.45, 7) is 4.09. The van der Waals surface area contributed by atoms with Gasteiger partial charge in [0.05, 0.1) is 19.0 Å². The maximum Gasteiger partial charge on any atom is 0.459 e. The fourth-order valence-electron chi connectivity index (χ4n) is 3.89. The number of aliphatic hydroxyl groups is 1. The number of fused-ring (bicyclic) bond motifs is 1. The van der Waals surface area contributed by atoms with E-state index in [1.165, 1.54) is 25.4 Å². The van der Waals surface area contributed by atoms with Gasteiger partial charge < -0.3 is 30.2 Å². The first-order chi connectivity index (χ1) is 18.8. The maximum atomic E-state index is 15.7. The predicted molar refractivity (Wildman–Crippen MR) is 143 cm³/mol. The second kappa shape index (κ2) is 11.8. The first-order valence-corrected chi connectivity index (χ1v) is 14.1. The number of imidazole rings is 1. The average Bonchev–Trinajstić information content (AvgIpc) is 3.40. The van der Waals surface area contributed by atoms with Gasteiger partial charge in [-0.3, -0.25) is 13.9 Å². The molecular formula is C23H30ClFN7O7P. The summed E-state index contributed by atoms with van der Waals surface area (Å²) in [6, 6.07) is 6.93. The number of alkyl halides is 2. The molecule has 4 rings (SSSR count). The summed E-state index contributed by atoms with van der Waals surface area (Å²) in [5, 5.41) is 13.2. The van der Waals surface area contributed by atoms with Crippen LogP contribution >= 0.6 is 19.3 Å². The summed E-state index contributed by atoms with van der Waals surface area (Å²) in [6.07, 6.45) is -4.22. The minimum absolute atomic E-state index is 0.0931. The highest BCUT2D eigenvalue weighted by Gasteiger charge is 2.58. The van der Waals surface area contributed by atoms with E-state index >= 15 is 4.39 Å². The van der Waals surface area contributed by atoms with Crippen LogP contribution in [-0.4, -0.2) is 73.7 Å². The Balaban J connectivity index is 1.56. The highest BCUT2D eigenvalue weighted by Crippen LogP contribution is 2.49. The maximum absolute atomic E-state index is 15.7. The molecule has 0 bridgehead atoms. The molecule has 2 aromatic heterocycles. The smallest absolute Gasteiger partial charge is 0.459 e. The second-order valence-corrected chi connectivity index (χ2v) is 11.5. The van der Waals surface area contributed by atoms with E-state index in [4.69, 9.17) is 35.9 Å². The summed E-state index contributed by atoms with van der Waals surface area (Å²) in [5.41, 5.74) is 6.12. The van der Waals surface area contributed by atoms with Crippen LogP contribution in [0.5, 0.6) is 5.75 Å². The van der Waals surface area contributed by atoms with E-state index in [0.29, 0.717) is 0 Å². The third-order valence-electron chi connectivity index (χ3n) is 5.74. The van der Waals surface area contributed by atoms with Gasteiger partial charge in [0.15, 0.2) is 23.2 Å². The fraction of sp³-hybridized carbons (Fsp3) is 0.478. The first kappa shape index (κ1) is 29.9. The number of halogens is 2. The third-order valence-corrected chi connectivity index (χ3v) is 7.80. The normalized spacial score (nSPS) is 25.1. The molecule has 0 aliphatic carbocycles. The van der Waals surface area contributed by atoms with Gasteiger partial charge in [0.25, 0.3) is 5.13 Å². The molecule has 0 spiro atoms. The van der Waals surface area contributed by atoms with Crippen LogP contribution in [0.15, 0.2) is 36.7 Å². The molecular weight excluding hydrogens is 572 g/mol. The fourth-order valence-corrected chi connectivity index (χ4v) is 5.69. The van der Waals surface area contributed by atoms with E-state index in [2.05, 4.69) is 25.4 Å². The number of benzene rings is 1. The molecule has 17 heteroatoms. The van der Waals surface area contributed by atoms with Gasteiger partial charge >= 0.3 is 13.7 Å². The van der Waals surface area contributed by atoms with Gasteiger partial charge in [-0.05, 0) is 32.9 Å². The molecule has 1 aliphatic heterocycles. The first-order valence-electron chi connectivity index (χ1n) is 12.2. The molecule has 1 aromatic carbocycles. The number of hydrogen-bond acceptors (Lipinski definition) is 12. The number of nitrogen functional groups attached to an aromatic ring is 1. The van der Waals surface area contributed by atoms with Crippen molar-refractivity contribution < 1.29 is 37.4 Å². The van der Waals surface area contributed by atoms with Crippen molar-refractivity contribution in [2.75, 3.05) is 24.7 Å². The van der Waals surface area contributed by atoms with Crippen LogP contribution < -0.4 is 20.7 Å². The standard InChI is InChI=1S/C23H30ClFN7O7P/c1-12(2)37-20(34)13(3)31-40(35,39-14-8-6-5-7-9-14)36-10-15-17(33)23(24,25)21(38-15)32-11-28-16-18(27-4)29-22(26)30-19(16)32/h5-9,11-13,15,17,21,33H,10H2,1-4H3,(H,31,35)(H3,26,27,29,30)/t13-,15?,17-,21-,23-,40?/m1/s1. The number of hydrogen-bond donors (Lipinski definition) is 4. The van der Waals surface area contributed by atoms with E-state index in [-0.39, 0.29) is 28.7 Å². The van der Waals surface area contributed by atoms with E-state index in [9.17, 15) is 14.5 Å². The van der Waals surface area contributed by atoms with Crippen molar-refractivity contribution in [3.8, 4) is 5.75 Å². The summed E-state index contributed by atoms with van der Waals surface area (Å²) >= 11 is 6.12. The molecule has 1 fully saturated rings. The van der Waals surface area contributed by atoms with Crippen LogP contribution in [-0.2, 0) is 23.4 Å². The van der Waals surface area contributed by atoms with Gasteiger partial charge in [0.1, 0.15) is 24.0 Å². The topological polar surface area (TPSA) is 185 Å². The van der Waals surface area contributed by atoms with Gasteiger partial charge in [-0.15, -0.1) is 0 Å². The number of nitrogens with zero attached hydrogens (tertiary/aromatic N) is 4. The monoisotopic (exact) mass is 601 g/mol. The molecule has 3 heterocycles. The Kier molecular flexibility index (Phi) is 8.83. The number of nitrogens with two attached hydrogens (primary N) is 1. The predicted octanol–water partition coefficient (Wildman–Crippen LogP) is 2.75. The van der Waals surface area contributed by atoms with Crippen molar-refractivity contribution in [2.24, 2.45) is 0 Å². The summed E-state index contributed by atoms with van der Waals surface area (Å²) < 4.78 is 52.6. The molecule has 218 valence electrons. The highest BCUT2D eigenvalue weighted by molar-refractivity contribution is 7.52. The zero-order chi connectivity index (χ0) is 29.2. The Morgan fingerprint density at radius 2 is 2.02 bits per heavy atom. The molecule has 1 aliphatic rings. The highest BCUT2D eigenvalue weighted by atomic mass is 35.5. The van der Waals surface area contributed by atoms with Crippen molar-refractivity contribution >= 4 is 48.2 Å². The lowest BCUT2D eigenvalue weighted by Gasteiger charge is -2.25. The quantitative estimate of drug-likeness (QED) is 0.143. The number of ether oxygens (including phenoxy) is 2. The van der Waals surface area contributed by atoms with Gasteiger partial charge in [0.2, 0.25) is 5.95 Å². The molecule has 14 nitrogen and oxygen atoms in total. The van der Waals surface area contributed by atoms with Crippen LogP contribution in [0.1, 0.15) is 27.0 Å².